The van der Waals surface area contributed by atoms with Crippen molar-refractivity contribution in [2.24, 2.45) is 0 Å². The van der Waals surface area contributed by atoms with Gasteiger partial charge in [-0.2, -0.15) is 5.26 Å². The molecule has 0 spiro atoms. The van der Waals surface area contributed by atoms with E-state index in [9.17, 15) is 10.1 Å². The molecule has 0 aliphatic rings. The number of hydrogen-bond donors (Lipinski definition) is 1. The molecule has 2 aromatic heterocycles. The monoisotopic (exact) mass is 354 g/mol. The Bertz CT molecular complexity index is 1340. The molecule has 1 N–H and O–H groups in total. The topological polar surface area (TPSA) is 70.2 Å². The Labute approximate surface area is 156 Å². The van der Waals surface area contributed by atoms with Gasteiger partial charge in [0.05, 0.1) is 21.8 Å². The fourth-order valence-electron chi connectivity index (χ4n) is 3.50. The van der Waals surface area contributed by atoms with Crippen LogP contribution in [0.25, 0.3) is 22.9 Å². The molecule has 0 aliphatic carbocycles. The molecular weight excluding hydrogens is 336 g/mol. The molecule has 0 aliphatic heterocycles. The van der Waals surface area contributed by atoms with Crippen molar-refractivity contribution in [2.75, 3.05) is 5.32 Å². The summed E-state index contributed by atoms with van der Waals surface area (Å²) in [6, 6.07) is 15.7. The number of pyridine rings is 1. The van der Waals surface area contributed by atoms with E-state index in [0.717, 1.165) is 16.8 Å². The minimum absolute atomic E-state index is 0.188. The molecule has 0 saturated carbocycles. The summed E-state index contributed by atoms with van der Waals surface area (Å²) in [5.41, 5.74) is 5.84. The summed E-state index contributed by atoms with van der Waals surface area (Å²) < 4.78 is 1.52. The first kappa shape index (κ1) is 16.8. The van der Waals surface area contributed by atoms with Gasteiger partial charge in [0, 0.05) is 11.9 Å². The lowest BCUT2D eigenvalue weighted by Gasteiger charge is -2.06. The maximum Gasteiger partial charge on any atom is 0.265 e. The predicted octanol–water partition coefficient (Wildman–Crippen LogP) is 3.21. The Morgan fingerprint density at radius 1 is 1.11 bits per heavy atom. The van der Waals surface area contributed by atoms with Crippen LogP contribution in [0.3, 0.4) is 0 Å². The normalized spacial score (nSPS) is 11.9. The first-order valence-corrected chi connectivity index (χ1v) is 8.68. The Kier molecular flexibility index (Phi) is 3.89. The fraction of sp³-hybridized carbons (Fsp3) is 0.136. The molecule has 0 unspecified atom stereocenters. The summed E-state index contributed by atoms with van der Waals surface area (Å²) in [5.74, 6) is 0. The van der Waals surface area contributed by atoms with Crippen LogP contribution in [0.5, 0.6) is 0 Å². The third-order valence-electron chi connectivity index (χ3n) is 4.71. The standard InChI is InChI=1S/C22H18N4O/c1-13-8-14(2)10-16(9-13)24-12-18-15(3)17(11-23)21-25-19-6-4-5-7-20(19)26(21)22(18)27/h4-10,12,24H,1-3H3. The van der Waals surface area contributed by atoms with Gasteiger partial charge in [0.15, 0.2) is 5.65 Å². The Morgan fingerprint density at radius 2 is 1.81 bits per heavy atom. The highest BCUT2D eigenvalue weighted by Gasteiger charge is 2.15. The van der Waals surface area contributed by atoms with Crippen molar-refractivity contribution in [1.29, 1.82) is 5.26 Å². The second-order valence-corrected chi connectivity index (χ2v) is 6.76. The van der Waals surface area contributed by atoms with Crippen molar-refractivity contribution in [2.45, 2.75) is 20.8 Å². The molecule has 27 heavy (non-hydrogen) atoms. The highest BCUT2D eigenvalue weighted by molar-refractivity contribution is 5.82. The summed E-state index contributed by atoms with van der Waals surface area (Å²) >= 11 is 0. The number of fused-ring (bicyclic) bond motifs is 3. The lowest BCUT2D eigenvalue weighted by Crippen LogP contribution is -2.34. The lowest BCUT2D eigenvalue weighted by molar-refractivity contribution is 1.10. The number of aryl methyl sites for hydroxylation is 2. The molecule has 4 rings (SSSR count). The van der Waals surface area contributed by atoms with Gasteiger partial charge in [0.25, 0.3) is 5.56 Å². The maximum atomic E-state index is 13.2. The van der Waals surface area contributed by atoms with Gasteiger partial charge in [0.2, 0.25) is 0 Å². The van der Waals surface area contributed by atoms with Crippen LogP contribution in [0, 0.1) is 32.1 Å². The molecule has 132 valence electrons. The molecule has 0 amide bonds. The summed E-state index contributed by atoms with van der Waals surface area (Å²) in [7, 11) is 0. The van der Waals surface area contributed by atoms with Crippen molar-refractivity contribution in [3.05, 3.63) is 80.3 Å². The number of para-hydroxylation sites is 2. The molecule has 5 nitrogen and oxygen atoms in total. The van der Waals surface area contributed by atoms with E-state index in [1.807, 2.05) is 50.2 Å². The minimum atomic E-state index is -0.188. The van der Waals surface area contributed by atoms with E-state index in [1.54, 1.807) is 13.1 Å². The average molecular weight is 354 g/mol. The number of anilines is 1. The van der Waals surface area contributed by atoms with Gasteiger partial charge >= 0.3 is 0 Å². The zero-order valence-corrected chi connectivity index (χ0v) is 15.4. The largest absolute Gasteiger partial charge is 0.361 e. The van der Waals surface area contributed by atoms with E-state index < -0.39 is 0 Å². The number of nitriles is 1. The van der Waals surface area contributed by atoms with Crippen LogP contribution in [0.4, 0.5) is 5.69 Å². The Balaban J connectivity index is 2.02. The van der Waals surface area contributed by atoms with Gasteiger partial charge in [0.1, 0.15) is 6.07 Å². The fourth-order valence-corrected chi connectivity index (χ4v) is 3.50. The zero-order valence-electron chi connectivity index (χ0n) is 15.4. The third-order valence-corrected chi connectivity index (χ3v) is 4.71. The van der Waals surface area contributed by atoms with Gasteiger partial charge in [-0.25, -0.2) is 4.98 Å². The second kappa shape index (κ2) is 6.26. The van der Waals surface area contributed by atoms with E-state index >= 15 is 0 Å². The third kappa shape index (κ3) is 2.72. The SMILES string of the molecule is Cc1cc(C)cc(NC=c2c(C)c(C#N)c3nc4ccccc4n3c2=O)c1. The lowest BCUT2D eigenvalue weighted by atomic mass is 10.1. The van der Waals surface area contributed by atoms with Crippen LogP contribution >= 0.6 is 0 Å². The molecule has 0 fully saturated rings. The van der Waals surface area contributed by atoms with Crippen LogP contribution in [-0.2, 0) is 0 Å². The number of nitrogens with one attached hydrogen (secondary N) is 1. The summed E-state index contributed by atoms with van der Waals surface area (Å²) in [4.78, 5) is 17.7. The molecule has 2 aromatic carbocycles. The van der Waals surface area contributed by atoms with Crippen molar-refractivity contribution in [1.82, 2.24) is 9.38 Å². The Morgan fingerprint density at radius 3 is 2.52 bits per heavy atom. The molecule has 0 radical (unpaired) electrons. The van der Waals surface area contributed by atoms with Crippen molar-refractivity contribution >= 4 is 28.6 Å². The number of rotatable bonds is 2. The molecular formula is C22H18N4O. The van der Waals surface area contributed by atoms with Gasteiger partial charge in [-0.05, 0) is 61.7 Å². The van der Waals surface area contributed by atoms with Crippen molar-refractivity contribution in [3.8, 4) is 6.07 Å². The second-order valence-electron chi connectivity index (χ2n) is 6.76. The van der Waals surface area contributed by atoms with Crippen LogP contribution in [-0.4, -0.2) is 9.38 Å². The van der Waals surface area contributed by atoms with E-state index in [2.05, 4.69) is 22.4 Å². The molecule has 2 heterocycles. The number of benzene rings is 2. The minimum Gasteiger partial charge on any atom is -0.361 e. The van der Waals surface area contributed by atoms with Gasteiger partial charge in [-0.15, -0.1) is 0 Å². The summed E-state index contributed by atoms with van der Waals surface area (Å²) in [6.07, 6.45) is 1.68. The van der Waals surface area contributed by atoms with Crippen LogP contribution in [0.1, 0.15) is 22.3 Å². The van der Waals surface area contributed by atoms with E-state index in [-0.39, 0.29) is 5.56 Å². The van der Waals surface area contributed by atoms with Crippen LogP contribution in [0.15, 0.2) is 47.3 Å². The number of imidazole rings is 1. The van der Waals surface area contributed by atoms with Crippen LogP contribution in [0.2, 0.25) is 0 Å². The quantitative estimate of drug-likeness (QED) is 0.600. The predicted molar refractivity (Wildman–Crippen MR) is 108 cm³/mol. The molecule has 5 heteroatoms. The molecule has 0 atom stereocenters. The summed E-state index contributed by atoms with van der Waals surface area (Å²) in [5, 5.41) is 13.3. The molecule has 0 saturated heterocycles. The van der Waals surface area contributed by atoms with Gasteiger partial charge in [-0.1, -0.05) is 18.2 Å². The molecule has 0 bridgehead atoms. The Hall–Kier alpha value is -3.65. The summed E-state index contributed by atoms with van der Waals surface area (Å²) in [6.45, 7) is 5.84. The van der Waals surface area contributed by atoms with Gasteiger partial charge < -0.3 is 5.32 Å². The van der Waals surface area contributed by atoms with Crippen molar-refractivity contribution < 1.29 is 0 Å². The number of aromatic nitrogens is 2. The average Bonchev–Trinajstić information content (AvgIpc) is 3.00. The van der Waals surface area contributed by atoms with Crippen LogP contribution < -0.4 is 16.1 Å². The molecule has 4 aromatic rings. The smallest absolute Gasteiger partial charge is 0.265 e. The number of nitrogens with zero attached hydrogens (tertiary/aromatic N) is 3. The van der Waals surface area contributed by atoms with E-state index in [1.165, 1.54) is 4.40 Å². The van der Waals surface area contributed by atoms with E-state index in [4.69, 9.17) is 0 Å². The van der Waals surface area contributed by atoms with Crippen molar-refractivity contribution in [3.63, 3.8) is 0 Å². The highest BCUT2D eigenvalue weighted by atomic mass is 16.1. The maximum absolute atomic E-state index is 13.2. The van der Waals surface area contributed by atoms with E-state index in [0.29, 0.717) is 33.0 Å². The highest BCUT2D eigenvalue weighted by Crippen LogP contribution is 2.18. The zero-order chi connectivity index (χ0) is 19.1. The van der Waals surface area contributed by atoms with Gasteiger partial charge in [-0.3, -0.25) is 9.20 Å². The number of hydrogen-bond acceptors (Lipinski definition) is 4. The first-order valence-electron chi connectivity index (χ1n) is 8.68. The first-order chi connectivity index (χ1) is 13.0.